The average molecular weight is 329 g/mol. The van der Waals surface area contributed by atoms with Crippen LogP contribution in [0, 0.1) is 11.3 Å². The molecule has 0 spiro atoms. The molecule has 0 saturated heterocycles. The Bertz CT molecular complexity index is 777. The summed E-state index contributed by atoms with van der Waals surface area (Å²) in [5.41, 5.74) is 3.08. The van der Waals surface area contributed by atoms with Crippen molar-refractivity contribution in [1.82, 2.24) is 0 Å². The first-order chi connectivity index (χ1) is 12.3. The maximum atomic E-state index is 8.99. The molecule has 0 aromatic heterocycles. The summed E-state index contributed by atoms with van der Waals surface area (Å²) in [6.07, 6.45) is 0.324. The highest BCUT2D eigenvalue weighted by Crippen LogP contribution is 2.25. The summed E-state index contributed by atoms with van der Waals surface area (Å²) in [4.78, 5) is 0. The van der Waals surface area contributed by atoms with E-state index in [1.807, 2.05) is 78.9 Å². The minimum Gasteiger partial charge on any atom is -0.489 e. The highest BCUT2D eigenvalue weighted by atomic mass is 16.5. The number of ether oxygens (including phenoxy) is 2. The predicted molar refractivity (Wildman–Crippen MR) is 97.3 cm³/mol. The quantitative estimate of drug-likeness (QED) is 0.618. The van der Waals surface area contributed by atoms with E-state index in [1.165, 1.54) is 0 Å². The second-order valence-electron chi connectivity index (χ2n) is 5.70. The van der Waals surface area contributed by atoms with Gasteiger partial charge in [0.1, 0.15) is 24.7 Å². The molecule has 3 nitrogen and oxygen atoms in total. The van der Waals surface area contributed by atoms with Gasteiger partial charge in [0.25, 0.3) is 0 Å². The molecule has 3 aromatic carbocycles. The lowest BCUT2D eigenvalue weighted by Gasteiger charge is -2.12. The molecule has 0 fully saturated rings. The molecule has 3 aromatic rings. The highest BCUT2D eigenvalue weighted by Gasteiger charge is 2.05. The molecule has 0 saturated carbocycles. The molecule has 0 aliphatic rings. The van der Waals surface area contributed by atoms with Gasteiger partial charge in [-0.25, -0.2) is 0 Å². The molecule has 0 radical (unpaired) electrons. The van der Waals surface area contributed by atoms with Gasteiger partial charge in [-0.2, -0.15) is 5.26 Å². The summed E-state index contributed by atoms with van der Waals surface area (Å²) in [5.74, 6) is 1.42. The number of nitrogens with zero attached hydrogens (tertiary/aromatic N) is 1. The zero-order valence-electron chi connectivity index (χ0n) is 13.9. The van der Waals surface area contributed by atoms with Crippen LogP contribution in [0.4, 0.5) is 0 Å². The molecule has 3 rings (SSSR count). The Balaban J connectivity index is 1.71. The van der Waals surface area contributed by atoms with Crippen molar-refractivity contribution in [1.29, 1.82) is 5.26 Å². The van der Waals surface area contributed by atoms with Gasteiger partial charge in [0.2, 0.25) is 0 Å². The molecular weight excluding hydrogens is 310 g/mol. The monoisotopic (exact) mass is 329 g/mol. The van der Waals surface area contributed by atoms with Gasteiger partial charge in [-0.05, 0) is 28.8 Å². The summed E-state index contributed by atoms with van der Waals surface area (Å²) < 4.78 is 11.8. The van der Waals surface area contributed by atoms with E-state index in [9.17, 15) is 0 Å². The maximum Gasteiger partial charge on any atom is 0.123 e. The van der Waals surface area contributed by atoms with Gasteiger partial charge in [-0.1, -0.05) is 60.7 Å². The molecule has 25 heavy (non-hydrogen) atoms. The van der Waals surface area contributed by atoms with Crippen LogP contribution in [-0.4, -0.2) is 0 Å². The normalized spacial score (nSPS) is 10.0. The Hall–Kier alpha value is -3.25. The zero-order chi connectivity index (χ0) is 17.3. The van der Waals surface area contributed by atoms with Crippen molar-refractivity contribution in [3.63, 3.8) is 0 Å². The van der Waals surface area contributed by atoms with Crippen molar-refractivity contribution in [2.75, 3.05) is 0 Å². The van der Waals surface area contributed by atoms with Crippen LogP contribution >= 0.6 is 0 Å². The van der Waals surface area contributed by atoms with Gasteiger partial charge in [-0.3, -0.25) is 0 Å². The van der Waals surface area contributed by atoms with Gasteiger partial charge in [-0.15, -0.1) is 0 Å². The molecule has 0 unspecified atom stereocenters. The topological polar surface area (TPSA) is 42.2 Å². The van der Waals surface area contributed by atoms with E-state index in [2.05, 4.69) is 6.07 Å². The fourth-order valence-corrected chi connectivity index (χ4v) is 2.47. The van der Waals surface area contributed by atoms with E-state index < -0.39 is 0 Å². The van der Waals surface area contributed by atoms with Crippen LogP contribution in [0.15, 0.2) is 78.9 Å². The molecule has 0 amide bonds. The van der Waals surface area contributed by atoms with Crippen LogP contribution in [0.2, 0.25) is 0 Å². The van der Waals surface area contributed by atoms with Crippen LogP contribution in [-0.2, 0) is 19.6 Å². The molecule has 3 heteroatoms. The average Bonchev–Trinajstić information content (AvgIpc) is 2.67. The molecule has 0 aliphatic carbocycles. The van der Waals surface area contributed by atoms with Crippen LogP contribution in [0.5, 0.6) is 11.5 Å². The maximum absolute atomic E-state index is 8.99. The summed E-state index contributed by atoms with van der Waals surface area (Å²) >= 11 is 0. The summed E-state index contributed by atoms with van der Waals surface area (Å²) in [6, 6.07) is 27.8. The van der Waals surface area contributed by atoms with E-state index in [-0.39, 0.29) is 0 Å². The van der Waals surface area contributed by atoms with Crippen molar-refractivity contribution in [3.8, 4) is 17.6 Å². The standard InChI is InChI=1S/C22H19NO2/c23-12-11-20-13-21(24-16-18-7-3-1-4-8-18)15-22(14-20)25-17-19-9-5-2-6-10-19/h1-10,13-15H,11,16-17H2. The van der Waals surface area contributed by atoms with Crippen LogP contribution in [0.25, 0.3) is 0 Å². The number of benzene rings is 3. The molecule has 0 N–H and O–H groups in total. The lowest BCUT2D eigenvalue weighted by Crippen LogP contribution is -1.99. The SMILES string of the molecule is N#CCc1cc(OCc2ccccc2)cc(OCc2ccccc2)c1. The van der Waals surface area contributed by atoms with E-state index in [0.717, 1.165) is 16.7 Å². The van der Waals surface area contributed by atoms with Crippen LogP contribution in [0.1, 0.15) is 16.7 Å². The second-order valence-corrected chi connectivity index (χ2v) is 5.70. The Kier molecular flexibility index (Phi) is 5.68. The van der Waals surface area contributed by atoms with Crippen molar-refractivity contribution in [2.24, 2.45) is 0 Å². The Morgan fingerprint density at radius 3 is 1.56 bits per heavy atom. The van der Waals surface area contributed by atoms with Gasteiger partial charge in [0, 0.05) is 6.07 Å². The lowest BCUT2D eigenvalue weighted by atomic mass is 10.1. The number of hydrogen-bond donors (Lipinski definition) is 0. The first-order valence-electron chi connectivity index (χ1n) is 8.18. The summed E-state index contributed by atoms with van der Waals surface area (Å²) in [7, 11) is 0. The van der Waals surface area contributed by atoms with Crippen molar-refractivity contribution in [3.05, 3.63) is 95.6 Å². The van der Waals surface area contributed by atoms with E-state index in [4.69, 9.17) is 14.7 Å². The van der Waals surface area contributed by atoms with Crippen LogP contribution < -0.4 is 9.47 Å². The third-order valence-electron chi connectivity index (χ3n) is 3.72. The zero-order valence-corrected chi connectivity index (χ0v) is 13.9. The first-order valence-corrected chi connectivity index (χ1v) is 8.18. The van der Waals surface area contributed by atoms with Gasteiger partial charge < -0.3 is 9.47 Å². The Morgan fingerprint density at radius 2 is 1.12 bits per heavy atom. The van der Waals surface area contributed by atoms with E-state index >= 15 is 0 Å². The van der Waals surface area contributed by atoms with E-state index in [0.29, 0.717) is 31.1 Å². The lowest BCUT2D eigenvalue weighted by molar-refractivity contribution is 0.289. The summed E-state index contributed by atoms with van der Waals surface area (Å²) in [6.45, 7) is 0.962. The molecule has 0 heterocycles. The number of nitriles is 1. The third-order valence-corrected chi connectivity index (χ3v) is 3.72. The van der Waals surface area contributed by atoms with E-state index in [1.54, 1.807) is 0 Å². The largest absolute Gasteiger partial charge is 0.489 e. The molecule has 0 aliphatic heterocycles. The van der Waals surface area contributed by atoms with Crippen molar-refractivity contribution < 1.29 is 9.47 Å². The van der Waals surface area contributed by atoms with Crippen LogP contribution in [0.3, 0.4) is 0 Å². The molecule has 0 bridgehead atoms. The highest BCUT2D eigenvalue weighted by molar-refractivity contribution is 5.40. The molecule has 124 valence electrons. The van der Waals surface area contributed by atoms with Gasteiger partial charge >= 0.3 is 0 Å². The smallest absolute Gasteiger partial charge is 0.123 e. The first kappa shape index (κ1) is 16.6. The van der Waals surface area contributed by atoms with Crippen molar-refractivity contribution >= 4 is 0 Å². The molecule has 0 atom stereocenters. The fourth-order valence-electron chi connectivity index (χ4n) is 2.47. The van der Waals surface area contributed by atoms with Gasteiger partial charge in [0.05, 0.1) is 12.5 Å². The second kappa shape index (κ2) is 8.56. The minimum absolute atomic E-state index is 0.324. The summed E-state index contributed by atoms with van der Waals surface area (Å²) in [5, 5.41) is 8.99. The molecular formula is C22H19NO2. The van der Waals surface area contributed by atoms with Gasteiger partial charge in [0.15, 0.2) is 0 Å². The third kappa shape index (κ3) is 5.12. The fraction of sp³-hybridized carbons (Fsp3) is 0.136. The predicted octanol–water partition coefficient (Wildman–Crippen LogP) is 4.91. The number of hydrogen-bond acceptors (Lipinski definition) is 3. The Labute approximate surface area is 148 Å². The Morgan fingerprint density at radius 1 is 0.640 bits per heavy atom. The number of rotatable bonds is 7. The minimum atomic E-state index is 0.324. The van der Waals surface area contributed by atoms with Crippen molar-refractivity contribution in [2.45, 2.75) is 19.6 Å².